The molecular formula is C19H20N4O2S. The largest absolute Gasteiger partial charge is 0.492 e. The van der Waals surface area contributed by atoms with Crippen molar-refractivity contribution in [3.63, 3.8) is 0 Å². The summed E-state index contributed by atoms with van der Waals surface area (Å²) in [6, 6.07) is 11.4. The van der Waals surface area contributed by atoms with Crippen molar-refractivity contribution in [1.29, 1.82) is 0 Å². The maximum atomic E-state index is 12.0. The number of urea groups is 1. The van der Waals surface area contributed by atoms with E-state index in [1.54, 1.807) is 12.4 Å². The van der Waals surface area contributed by atoms with Crippen LogP contribution >= 0.6 is 11.3 Å². The van der Waals surface area contributed by atoms with Crippen LogP contribution in [0.1, 0.15) is 11.3 Å². The molecule has 0 radical (unpaired) electrons. The van der Waals surface area contributed by atoms with Crippen LogP contribution in [0.2, 0.25) is 0 Å². The molecule has 1 aromatic carbocycles. The number of rotatable bonds is 6. The molecule has 0 saturated carbocycles. The fourth-order valence-corrected chi connectivity index (χ4v) is 3.37. The summed E-state index contributed by atoms with van der Waals surface area (Å²) in [5.74, 6) is 0.796. The number of ether oxygens (including phenoxy) is 1. The van der Waals surface area contributed by atoms with Crippen molar-refractivity contribution in [3.05, 3.63) is 60.0 Å². The number of aromatic nitrogens is 2. The normalized spacial score (nSPS) is 10.4. The van der Waals surface area contributed by atoms with Crippen LogP contribution in [0.4, 0.5) is 9.93 Å². The van der Waals surface area contributed by atoms with Gasteiger partial charge in [0.2, 0.25) is 0 Å². The molecule has 0 aliphatic heterocycles. The lowest BCUT2D eigenvalue weighted by Gasteiger charge is -2.08. The zero-order valence-corrected chi connectivity index (χ0v) is 15.5. The van der Waals surface area contributed by atoms with Gasteiger partial charge in [-0.05, 0) is 49.2 Å². The predicted molar refractivity (Wildman–Crippen MR) is 104 cm³/mol. The van der Waals surface area contributed by atoms with E-state index in [4.69, 9.17) is 4.74 Å². The molecule has 2 amide bonds. The van der Waals surface area contributed by atoms with E-state index in [1.165, 1.54) is 11.3 Å². The summed E-state index contributed by atoms with van der Waals surface area (Å²) in [6.45, 7) is 4.73. The summed E-state index contributed by atoms with van der Waals surface area (Å²) >= 11 is 1.44. The highest BCUT2D eigenvalue weighted by atomic mass is 32.1. The van der Waals surface area contributed by atoms with E-state index in [-0.39, 0.29) is 6.03 Å². The van der Waals surface area contributed by atoms with Gasteiger partial charge >= 0.3 is 6.03 Å². The summed E-state index contributed by atoms with van der Waals surface area (Å²) < 4.78 is 5.61. The van der Waals surface area contributed by atoms with Gasteiger partial charge in [-0.2, -0.15) is 0 Å². The first-order chi connectivity index (χ1) is 12.6. The third-order valence-corrected chi connectivity index (χ3v) is 4.73. The highest BCUT2D eigenvalue weighted by Crippen LogP contribution is 2.32. The molecule has 3 rings (SSSR count). The molecule has 0 aliphatic carbocycles. The van der Waals surface area contributed by atoms with E-state index in [0.717, 1.165) is 27.4 Å². The standard InChI is InChI=1S/C19H20N4O2S/c1-13-4-3-5-16(12-13)25-11-10-21-18(24)23-19-22-14(2)17(26-19)15-6-8-20-9-7-15/h3-9,12H,10-11H2,1-2H3,(H2,21,22,23,24). The van der Waals surface area contributed by atoms with Gasteiger partial charge in [0.1, 0.15) is 12.4 Å². The Kier molecular flexibility index (Phi) is 5.80. The van der Waals surface area contributed by atoms with Gasteiger partial charge in [0, 0.05) is 12.4 Å². The minimum atomic E-state index is -0.298. The van der Waals surface area contributed by atoms with Crippen molar-refractivity contribution in [1.82, 2.24) is 15.3 Å². The molecule has 0 aliphatic rings. The highest BCUT2D eigenvalue weighted by Gasteiger charge is 2.11. The van der Waals surface area contributed by atoms with E-state index in [2.05, 4.69) is 20.6 Å². The van der Waals surface area contributed by atoms with Crippen LogP contribution in [0.15, 0.2) is 48.8 Å². The lowest BCUT2D eigenvalue weighted by Crippen LogP contribution is -2.32. The number of pyridine rings is 1. The molecule has 0 unspecified atom stereocenters. The Bertz CT molecular complexity index is 880. The molecule has 3 aromatic rings. The van der Waals surface area contributed by atoms with Gasteiger partial charge in [0.25, 0.3) is 0 Å². The number of hydrogen-bond acceptors (Lipinski definition) is 5. The molecule has 134 valence electrons. The fourth-order valence-electron chi connectivity index (χ4n) is 2.40. The molecule has 0 atom stereocenters. The Morgan fingerprint density at radius 3 is 2.77 bits per heavy atom. The molecule has 2 N–H and O–H groups in total. The lowest BCUT2D eigenvalue weighted by molar-refractivity contribution is 0.247. The highest BCUT2D eigenvalue weighted by molar-refractivity contribution is 7.19. The van der Waals surface area contributed by atoms with Gasteiger partial charge in [-0.3, -0.25) is 10.3 Å². The first-order valence-corrected chi connectivity index (χ1v) is 9.05. The van der Waals surface area contributed by atoms with Crippen LogP contribution in [0.3, 0.4) is 0 Å². The molecule has 6 nitrogen and oxygen atoms in total. The van der Waals surface area contributed by atoms with Crippen LogP contribution in [0.5, 0.6) is 5.75 Å². The number of amides is 2. The monoisotopic (exact) mass is 368 g/mol. The Morgan fingerprint density at radius 2 is 2.00 bits per heavy atom. The third-order valence-electron chi connectivity index (χ3n) is 3.61. The summed E-state index contributed by atoms with van der Waals surface area (Å²) in [4.78, 5) is 21.5. The average molecular weight is 368 g/mol. The Labute approximate surface area is 156 Å². The van der Waals surface area contributed by atoms with E-state index >= 15 is 0 Å². The zero-order chi connectivity index (χ0) is 18.4. The van der Waals surface area contributed by atoms with Gasteiger partial charge in [-0.15, -0.1) is 0 Å². The molecule has 26 heavy (non-hydrogen) atoms. The molecule has 0 bridgehead atoms. The van der Waals surface area contributed by atoms with Gasteiger partial charge in [-0.25, -0.2) is 9.78 Å². The second kappa shape index (κ2) is 8.44. The lowest BCUT2D eigenvalue weighted by atomic mass is 10.2. The Balaban J connectivity index is 1.48. The van der Waals surface area contributed by atoms with E-state index < -0.39 is 0 Å². The van der Waals surface area contributed by atoms with E-state index in [9.17, 15) is 4.79 Å². The maximum Gasteiger partial charge on any atom is 0.321 e. The molecule has 2 aromatic heterocycles. The molecule has 0 fully saturated rings. The summed E-state index contributed by atoms with van der Waals surface area (Å²) in [7, 11) is 0. The SMILES string of the molecule is Cc1cccc(OCCNC(=O)Nc2nc(C)c(-c3ccncc3)s2)c1. The van der Waals surface area contributed by atoms with Crippen molar-refractivity contribution >= 4 is 22.5 Å². The maximum absolute atomic E-state index is 12.0. The van der Waals surface area contributed by atoms with Crippen LogP contribution in [-0.2, 0) is 0 Å². The van der Waals surface area contributed by atoms with Crippen LogP contribution < -0.4 is 15.4 Å². The second-order valence-electron chi connectivity index (χ2n) is 5.72. The molecule has 0 saturated heterocycles. The minimum Gasteiger partial charge on any atom is -0.492 e. The number of aryl methyl sites for hydroxylation is 2. The number of thiazole rings is 1. The first-order valence-electron chi connectivity index (χ1n) is 8.24. The first kappa shape index (κ1) is 17.9. The summed E-state index contributed by atoms with van der Waals surface area (Å²) in [5.41, 5.74) is 3.05. The van der Waals surface area contributed by atoms with Crippen LogP contribution in [0, 0.1) is 13.8 Å². The van der Waals surface area contributed by atoms with Crippen LogP contribution in [-0.4, -0.2) is 29.2 Å². The van der Waals surface area contributed by atoms with Crippen molar-refractivity contribution in [2.45, 2.75) is 13.8 Å². The number of carbonyl (C=O) groups is 1. The van der Waals surface area contributed by atoms with Gasteiger partial charge in [0.05, 0.1) is 17.1 Å². The number of carbonyl (C=O) groups excluding carboxylic acids is 1. The van der Waals surface area contributed by atoms with Crippen molar-refractivity contribution in [2.75, 3.05) is 18.5 Å². The second-order valence-corrected chi connectivity index (χ2v) is 6.71. The number of nitrogens with one attached hydrogen (secondary N) is 2. The van der Waals surface area contributed by atoms with Gasteiger partial charge in [0.15, 0.2) is 5.13 Å². The average Bonchev–Trinajstić information content (AvgIpc) is 3.00. The van der Waals surface area contributed by atoms with E-state index in [1.807, 2.05) is 50.2 Å². The van der Waals surface area contributed by atoms with Gasteiger partial charge < -0.3 is 10.1 Å². The number of benzene rings is 1. The zero-order valence-electron chi connectivity index (χ0n) is 14.7. The van der Waals surface area contributed by atoms with Gasteiger partial charge in [-0.1, -0.05) is 23.5 Å². The summed E-state index contributed by atoms with van der Waals surface area (Å²) in [6.07, 6.45) is 3.48. The number of hydrogen-bond donors (Lipinski definition) is 2. The third kappa shape index (κ3) is 4.80. The van der Waals surface area contributed by atoms with E-state index in [0.29, 0.717) is 18.3 Å². The molecular weight excluding hydrogens is 348 g/mol. The van der Waals surface area contributed by atoms with Crippen molar-refractivity contribution < 1.29 is 9.53 Å². The van der Waals surface area contributed by atoms with Crippen molar-refractivity contribution in [3.8, 4) is 16.2 Å². The summed E-state index contributed by atoms with van der Waals surface area (Å²) in [5, 5.41) is 6.09. The fraction of sp³-hybridized carbons (Fsp3) is 0.211. The van der Waals surface area contributed by atoms with Crippen LogP contribution in [0.25, 0.3) is 10.4 Å². The number of anilines is 1. The molecule has 0 spiro atoms. The molecule has 7 heteroatoms. The molecule has 2 heterocycles. The quantitative estimate of drug-likeness (QED) is 0.644. The topological polar surface area (TPSA) is 76.1 Å². The Hall–Kier alpha value is -2.93. The Morgan fingerprint density at radius 1 is 1.19 bits per heavy atom. The predicted octanol–water partition coefficient (Wildman–Crippen LogP) is 4.02. The smallest absolute Gasteiger partial charge is 0.321 e. The van der Waals surface area contributed by atoms with Crippen molar-refractivity contribution in [2.24, 2.45) is 0 Å². The number of nitrogens with zero attached hydrogens (tertiary/aromatic N) is 2. The minimum absolute atomic E-state index is 0.298.